The van der Waals surface area contributed by atoms with E-state index in [4.69, 9.17) is 0 Å². The van der Waals surface area contributed by atoms with Crippen LogP contribution in [0.5, 0.6) is 0 Å². The molecule has 1 aliphatic carbocycles. The van der Waals surface area contributed by atoms with Gasteiger partial charge in [-0.05, 0) is 0 Å². The van der Waals surface area contributed by atoms with Gasteiger partial charge in [0.05, 0.1) is 0 Å². The number of nitrogens with zero attached hydrogens (tertiary/aromatic N) is 2. The van der Waals surface area contributed by atoms with Crippen molar-refractivity contribution in [1.82, 2.24) is 9.55 Å². The summed E-state index contributed by atoms with van der Waals surface area (Å²) in [5.74, 6) is 2.08. The molecule has 0 saturated heterocycles. The van der Waals surface area contributed by atoms with Gasteiger partial charge in [-0.1, -0.05) is 58.1 Å². The highest BCUT2D eigenvalue weighted by molar-refractivity contribution is 5.39. The predicted molar refractivity (Wildman–Crippen MR) is 74.8 cm³/mol. The normalized spacial score (nSPS) is 22.6. The summed E-state index contributed by atoms with van der Waals surface area (Å²) in [7, 11) is 0. The number of imidazole rings is 1. The van der Waals surface area contributed by atoms with Gasteiger partial charge in [-0.15, -0.1) is 0 Å². The summed E-state index contributed by atoms with van der Waals surface area (Å²) >= 11 is 0. The van der Waals surface area contributed by atoms with E-state index in [1.807, 2.05) is 40.1 Å². The van der Waals surface area contributed by atoms with E-state index in [9.17, 15) is 0 Å². The third-order valence-corrected chi connectivity index (χ3v) is 2.64. The number of hydrogen-bond acceptors (Lipinski definition) is 1. The Balaban J connectivity index is 0.000000330. The second-order valence-electron chi connectivity index (χ2n) is 3.41. The maximum atomic E-state index is 4.37. The summed E-state index contributed by atoms with van der Waals surface area (Å²) < 4.78 is 2.09. The van der Waals surface area contributed by atoms with Gasteiger partial charge in [0.15, 0.2) is 0 Å². The van der Waals surface area contributed by atoms with Crippen molar-refractivity contribution in [1.29, 1.82) is 0 Å². The minimum absolute atomic E-state index is 0.435. The molecule has 0 amide bonds. The van der Waals surface area contributed by atoms with Crippen LogP contribution in [-0.2, 0) is 0 Å². The van der Waals surface area contributed by atoms with E-state index >= 15 is 0 Å². The van der Waals surface area contributed by atoms with Crippen molar-refractivity contribution >= 4 is 6.20 Å². The number of rotatable bonds is 0. The molecule has 17 heavy (non-hydrogen) atoms. The zero-order valence-corrected chi connectivity index (χ0v) is 11.2. The molecule has 2 aliphatic rings. The fourth-order valence-corrected chi connectivity index (χ4v) is 1.97. The van der Waals surface area contributed by atoms with Crippen LogP contribution in [0.25, 0.3) is 6.20 Å². The Kier molecular flexibility index (Phi) is 5.47. The SMILES string of the molecule is C1=CC2C=Cn3ccnc3C2C=C1.CC.CC. The Bertz CT molecular complexity index is 410. The molecule has 0 fully saturated rings. The van der Waals surface area contributed by atoms with Gasteiger partial charge in [0.1, 0.15) is 5.82 Å². The monoisotopic (exact) mass is 230 g/mol. The molecular weight excluding hydrogens is 208 g/mol. The van der Waals surface area contributed by atoms with Gasteiger partial charge in [-0.3, -0.25) is 0 Å². The van der Waals surface area contributed by atoms with Crippen LogP contribution in [0, 0.1) is 5.92 Å². The molecule has 3 rings (SSSR count). The Hall–Kier alpha value is -1.57. The smallest absolute Gasteiger partial charge is 0.120 e. The summed E-state index contributed by atoms with van der Waals surface area (Å²) in [4.78, 5) is 4.37. The van der Waals surface area contributed by atoms with Crippen LogP contribution in [0.4, 0.5) is 0 Å². The molecule has 0 N–H and O–H groups in total. The van der Waals surface area contributed by atoms with Crippen molar-refractivity contribution in [2.24, 2.45) is 5.92 Å². The quantitative estimate of drug-likeness (QED) is 0.651. The van der Waals surface area contributed by atoms with Crippen LogP contribution in [-0.4, -0.2) is 9.55 Å². The summed E-state index contributed by atoms with van der Waals surface area (Å²) in [6.45, 7) is 8.00. The second-order valence-corrected chi connectivity index (χ2v) is 3.41. The first kappa shape index (κ1) is 13.5. The first-order chi connectivity index (χ1) is 8.45. The van der Waals surface area contributed by atoms with E-state index in [0.29, 0.717) is 11.8 Å². The topological polar surface area (TPSA) is 17.8 Å². The molecule has 2 nitrogen and oxygen atoms in total. The van der Waals surface area contributed by atoms with E-state index < -0.39 is 0 Å². The van der Waals surface area contributed by atoms with Gasteiger partial charge in [-0.25, -0.2) is 4.98 Å². The second kappa shape index (κ2) is 6.89. The van der Waals surface area contributed by atoms with Crippen LogP contribution in [0.1, 0.15) is 39.4 Å². The molecule has 2 unspecified atom stereocenters. The Morgan fingerprint density at radius 3 is 2.47 bits per heavy atom. The molecule has 2 heteroatoms. The van der Waals surface area contributed by atoms with Crippen molar-refractivity contribution in [3.05, 3.63) is 48.6 Å². The van der Waals surface area contributed by atoms with Gasteiger partial charge in [0.2, 0.25) is 0 Å². The van der Waals surface area contributed by atoms with Crippen molar-refractivity contribution < 1.29 is 0 Å². The van der Waals surface area contributed by atoms with Gasteiger partial charge < -0.3 is 4.57 Å². The largest absolute Gasteiger partial charge is 0.310 e. The van der Waals surface area contributed by atoms with E-state index in [1.165, 1.54) is 0 Å². The molecule has 2 heterocycles. The lowest BCUT2D eigenvalue weighted by Gasteiger charge is -2.24. The highest BCUT2D eigenvalue weighted by atomic mass is 15.1. The molecule has 0 spiro atoms. The van der Waals surface area contributed by atoms with Crippen molar-refractivity contribution in [3.8, 4) is 0 Å². The molecule has 92 valence electrons. The number of hydrogen-bond donors (Lipinski definition) is 0. The highest BCUT2D eigenvalue weighted by Gasteiger charge is 2.24. The van der Waals surface area contributed by atoms with E-state index in [0.717, 1.165) is 5.82 Å². The molecule has 1 aliphatic heterocycles. The lowest BCUT2D eigenvalue weighted by atomic mass is 9.86. The van der Waals surface area contributed by atoms with Crippen molar-refractivity contribution in [2.75, 3.05) is 0 Å². The van der Waals surface area contributed by atoms with Crippen LogP contribution < -0.4 is 0 Å². The minimum Gasteiger partial charge on any atom is -0.310 e. The van der Waals surface area contributed by atoms with Crippen LogP contribution in [0.2, 0.25) is 0 Å². The van der Waals surface area contributed by atoms with Crippen LogP contribution >= 0.6 is 0 Å². The molecule has 0 radical (unpaired) electrons. The van der Waals surface area contributed by atoms with Crippen LogP contribution in [0.3, 0.4) is 0 Å². The molecule has 2 atom stereocenters. The van der Waals surface area contributed by atoms with Crippen molar-refractivity contribution in [3.63, 3.8) is 0 Å². The maximum Gasteiger partial charge on any atom is 0.120 e. The van der Waals surface area contributed by atoms with Crippen molar-refractivity contribution in [2.45, 2.75) is 33.6 Å². The molecule has 1 aromatic rings. The van der Waals surface area contributed by atoms with Crippen LogP contribution in [0.15, 0.2) is 42.8 Å². The molecular formula is C15H22N2. The fourth-order valence-electron chi connectivity index (χ4n) is 1.97. The van der Waals surface area contributed by atoms with Gasteiger partial charge in [0.25, 0.3) is 0 Å². The Morgan fingerprint density at radius 1 is 1.00 bits per heavy atom. The first-order valence-corrected chi connectivity index (χ1v) is 6.51. The lowest BCUT2D eigenvalue weighted by molar-refractivity contribution is 0.632. The number of aromatic nitrogens is 2. The Labute approximate surface area is 104 Å². The number of fused-ring (bicyclic) bond motifs is 3. The summed E-state index contributed by atoms with van der Waals surface area (Å²) in [5, 5.41) is 0. The third kappa shape index (κ3) is 2.76. The van der Waals surface area contributed by atoms with Gasteiger partial charge in [0, 0.05) is 30.4 Å². The molecule has 0 aromatic carbocycles. The summed E-state index contributed by atoms with van der Waals surface area (Å²) in [6, 6.07) is 0. The molecule has 0 saturated carbocycles. The van der Waals surface area contributed by atoms with E-state index in [2.05, 4.69) is 46.1 Å². The summed E-state index contributed by atoms with van der Waals surface area (Å²) in [6.07, 6.45) is 16.8. The third-order valence-electron chi connectivity index (χ3n) is 2.64. The molecule has 1 aromatic heterocycles. The number of allylic oxidation sites excluding steroid dienone is 5. The van der Waals surface area contributed by atoms with E-state index in [-0.39, 0.29) is 0 Å². The minimum atomic E-state index is 0.435. The maximum absolute atomic E-state index is 4.37. The average Bonchev–Trinajstić information content (AvgIpc) is 2.92. The zero-order valence-electron chi connectivity index (χ0n) is 11.2. The summed E-state index contributed by atoms with van der Waals surface area (Å²) in [5.41, 5.74) is 0. The highest BCUT2D eigenvalue weighted by Crippen LogP contribution is 2.33. The first-order valence-electron chi connectivity index (χ1n) is 6.51. The lowest BCUT2D eigenvalue weighted by Crippen LogP contribution is -2.16. The predicted octanol–water partition coefficient (Wildman–Crippen LogP) is 4.25. The standard InChI is InChI=1S/C11H10N2.2C2H6/c1-2-4-10-9(3-1)5-7-13-8-6-12-11(10)13;2*1-2/h1-10H;2*1-2H3. The molecule has 0 bridgehead atoms. The Morgan fingerprint density at radius 2 is 1.71 bits per heavy atom. The average molecular weight is 230 g/mol. The van der Waals surface area contributed by atoms with Gasteiger partial charge >= 0.3 is 0 Å². The zero-order chi connectivity index (χ0) is 12.7. The fraction of sp³-hybridized carbons (Fsp3) is 0.400. The van der Waals surface area contributed by atoms with E-state index in [1.54, 1.807) is 0 Å². The van der Waals surface area contributed by atoms with Gasteiger partial charge in [-0.2, -0.15) is 0 Å².